The quantitative estimate of drug-likeness (QED) is 0.611. The summed E-state index contributed by atoms with van der Waals surface area (Å²) in [6.07, 6.45) is 3.91. The lowest BCUT2D eigenvalue weighted by Crippen LogP contribution is -2.44. The molecule has 4 heteroatoms. The van der Waals surface area contributed by atoms with Crippen molar-refractivity contribution < 1.29 is 4.79 Å². The molecule has 1 aliphatic carbocycles. The second-order valence-corrected chi connectivity index (χ2v) is 4.62. The van der Waals surface area contributed by atoms with Gasteiger partial charge in [-0.2, -0.15) is 0 Å². The standard InChI is InChI=1S/C11H23N3O/c1-8-4-3-5-10(9(8)2)13-6-7-14-11(12)15/h8-10,13H,3-7H2,1-2H3,(H3,12,14,15). The molecule has 3 unspecified atom stereocenters. The minimum absolute atomic E-state index is 0.443. The number of urea groups is 1. The average Bonchev–Trinajstić information content (AvgIpc) is 2.18. The van der Waals surface area contributed by atoms with E-state index in [9.17, 15) is 4.79 Å². The largest absolute Gasteiger partial charge is 0.352 e. The maximum Gasteiger partial charge on any atom is 0.312 e. The summed E-state index contributed by atoms with van der Waals surface area (Å²) in [4.78, 5) is 10.5. The normalized spacial score (nSPS) is 31.2. The Kier molecular flexibility index (Phi) is 4.88. The molecule has 0 radical (unpaired) electrons. The minimum atomic E-state index is -0.443. The van der Waals surface area contributed by atoms with Gasteiger partial charge < -0.3 is 16.4 Å². The molecule has 0 heterocycles. The predicted molar refractivity (Wildman–Crippen MR) is 61.6 cm³/mol. The van der Waals surface area contributed by atoms with Crippen molar-refractivity contribution in [3.05, 3.63) is 0 Å². The second-order valence-electron chi connectivity index (χ2n) is 4.62. The highest BCUT2D eigenvalue weighted by Gasteiger charge is 2.26. The van der Waals surface area contributed by atoms with Gasteiger partial charge in [0.15, 0.2) is 0 Å². The third kappa shape index (κ3) is 4.08. The highest BCUT2D eigenvalue weighted by molar-refractivity contribution is 5.71. The lowest BCUT2D eigenvalue weighted by atomic mass is 9.78. The molecule has 0 aliphatic heterocycles. The summed E-state index contributed by atoms with van der Waals surface area (Å²) in [5.41, 5.74) is 4.98. The van der Waals surface area contributed by atoms with Gasteiger partial charge in [-0.3, -0.25) is 0 Å². The molecule has 4 nitrogen and oxygen atoms in total. The Morgan fingerprint density at radius 3 is 2.73 bits per heavy atom. The first kappa shape index (κ1) is 12.3. The van der Waals surface area contributed by atoms with Crippen molar-refractivity contribution in [3.8, 4) is 0 Å². The molecule has 2 amide bonds. The maximum absolute atomic E-state index is 10.5. The molecular weight excluding hydrogens is 190 g/mol. The van der Waals surface area contributed by atoms with Gasteiger partial charge in [0.25, 0.3) is 0 Å². The van der Waals surface area contributed by atoms with Crippen LogP contribution in [0.1, 0.15) is 33.1 Å². The van der Waals surface area contributed by atoms with Crippen molar-refractivity contribution in [2.75, 3.05) is 13.1 Å². The number of carbonyl (C=O) groups excluding carboxylic acids is 1. The Labute approximate surface area is 92.0 Å². The monoisotopic (exact) mass is 213 g/mol. The third-order valence-electron chi connectivity index (χ3n) is 3.54. The maximum atomic E-state index is 10.5. The summed E-state index contributed by atoms with van der Waals surface area (Å²) in [6, 6.07) is 0.158. The smallest absolute Gasteiger partial charge is 0.312 e. The molecule has 1 aliphatic rings. The van der Waals surface area contributed by atoms with Crippen LogP contribution in [0.3, 0.4) is 0 Å². The van der Waals surface area contributed by atoms with E-state index >= 15 is 0 Å². The molecule has 0 aromatic carbocycles. The minimum Gasteiger partial charge on any atom is -0.352 e. The van der Waals surface area contributed by atoms with Crippen LogP contribution in [-0.4, -0.2) is 25.2 Å². The van der Waals surface area contributed by atoms with Crippen molar-refractivity contribution in [2.24, 2.45) is 17.6 Å². The summed E-state index contributed by atoms with van der Waals surface area (Å²) in [5.74, 6) is 1.53. The highest BCUT2D eigenvalue weighted by Crippen LogP contribution is 2.29. The van der Waals surface area contributed by atoms with Crippen LogP contribution in [-0.2, 0) is 0 Å². The van der Waals surface area contributed by atoms with Crippen LogP contribution in [0.4, 0.5) is 4.79 Å². The molecular formula is C11H23N3O. The van der Waals surface area contributed by atoms with Gasteiger partial charge in [-0.05, 0) is 18.3 Å². The zero-order valence-corrected chi connectivity index (χ0v) is 9.75. The Morgan fingerprint density at radius 1 is 1.33 bits per heavy atom. The third-order valence-corrected chi connectivity index (χ3v) is 3.54. The van der Waals surface area contributed by atoms with E-state index < -0.39 is 6.03 Å². The van der Waals surface area contributed by atoms with Gasteiger partial charge in [0, 0.05) is 19.1 Å². The first-order valence-corrected chi connectivity index (χ1v) is 5.88. The summed E-state index contributed by atoms with van der Waals surface area (Å²) in [5, 5.41) is 6.07. The number of carbonyl (C=O) groups is 1. The van der Waals surface area contributed by atoms with E-state index in [2.05, 4.69) is 24.5 Å². The number of nitrogens with one attached hydrogen (secondary N) is 2. The zero-order chi connectivity index (χ0) is 11.3. The van der Waals surface area contributed by atoms with E-state index in [1.54, 1.807) is 0 Å². The summed E-state index contributed by atoms with van der Waals surface area (Å²) >= 11 is 0. The van der Waals surface area contributed by atoms with E-state index in [0.717, 1.165) is 18.4 Å². The fourth-order valence-electron chi connectivity index (χ4n) is 2.31. The molecule has 0 bridgehead atoms. The van der Waals surface area contributed by atoms with Gasteiger partial charge in [-0.15, -0.1) is 0 Å². The molecule has 88 valence electrons. The van der Waals surface area contributed by atoms with Gasteiger partial charge in [-0.25, -0.2) is 4.79 Å². The Hall–Kier alpha value is -0.770. The van der Waals surface area contributed by atoms with Crippen molar-refractivity contribution >= 4 is 6.03 Å². The fraction of sp³-hybridized carbons (Fsp3) is 0.909. The zero-order valence-electron chi connectivity index (χ0n) is 9.75. The summed E-state index contributed by atoms with van der Waals surface area (Å²) in [6.45, 7) is 6.06. The molecule has 15 heavy (non-hydrogen) atoms. The van der Waals surface area contributed by atoms with Crippen LogP contribution in [0, 0.1) is 11.8 Å². The molecule has 0 saturated heterocycles. The number of nitrogens with two attached hydrogens (primary N) is 1. The molecule has 1 rings (SSSR count). The van der Waals surface area contributed by atoms with E-state index in [1.165, 1.54) is 19.3 Å². The molecule has 1 fully saturated rings. The van der Waals surface area contributed by atoms with Gasteiger partial charge >= 0.3 is 6.03 Å². The van der Waals surface area contributed by atoms with E-state index in [-0.39, 0.29) is 0 Å². The summed E-state index contributed by atoms with van der Waals surface area (Å²) < 4.78 is 0. The van der Waals surface area contributed by atoms with Crippen LogP contribution in [0.25, 0.3) is 0 Å². The first-order chi connectivity index (χ1) is 7.11. The van der Waals surface area contributed by atoms with E-state index in [0.29, 0.717) is 12.6 Å². The molecule has 1 saturated carbocycles. The number of hydrogen-bond acceptors (Lipinski definition) is 2. The molecule has 0 spiro atoms. The van der Waals surface area contributed by atoms with Crippen molar-refractivity contribution in [1.82, 2.24) is 10.6 Å². The topological polar surface area (TPSA) is 67.2 Å². The summed E-state index contributed by atoms with van der Waals surface area (Å²) in [7, 11) is 0. The highest BCUT2D eigenvalue weighted by atomic mass is 16.2. The fourth-order valence-corrected chi connectivity index (χ4v) is 2.31. The SMILES string of the molecule is CC1CCCC(NCCNC(N)=O)C1C. The lowest BCUT2D eigenvalue weighted by Gasteiger charge is -2.34. The number of hydrogen-bond donors (Lipinski definition) is 3. The molecule has 0 aromatic heterocycles. The Balaban J connectivity index is 2.17. The number of primary amides is 1. The molecule has 0 aromatic rings. The lowest BCUT2D eigenvalue weighted by molar-refractivity contribution is 0.207. The molecule has 3 atom stereocenters. The number of amides is 2. The van der Waals surface area contributed by atoms with Crippen molar-refractivity contribution in [1.29, 1.82) is 0 Å². The van der Waals surface area contributed by atoms with Crippen LogP contribution in [0.15, 0.2) is 0 Å². The predicted octanol–water partition coefficient (Wildman–Crippen LogP) is 1.07. The van der Waals surface area contributed by atoms with Gasteiger partial charge in [0.05, 0.1) is 0 Å². The van der Waals surface area contributed by atoms with Crippen LogP contribution >= 0.6 is 0 Å². The number of rotatable bonds is 4. The molecule has 4 N–H and O–H groups in total. The second kappa shape index (κ2) is 5.95. The van der Waals surface area contributed by atoms with Crippen LogP contribution in [0.5, 0.6) is 0 Å². The first-order valence-electron chi connectivity index (χ1n) is 5.88. The average molecular weight is 213 g/mol. The van der Waals surface area contributed by atoms with Gasteiger partial charge in [-0.1, -0.05) is 26.7 Å². The Morgan fingerprint density at radius 2 is 2.07 bits per heavy atom. The van der Waals surface area contributed by atoms with Crippen molar-refractivity contribution in [2.45, 2.75) is 39.2 Å². The van der Waals surface area contributed by atoms with E-state index in [1.807, 2.05) is 0 Å². The van der Waals surface area contributed by atoms with Crippen molar-refractivity contribution in [3.63, 3.8) is 0 Å². The Bertz CT molecular complexity index is 208. The van der Waals surface area contributed by atoms with Gasteiger partial charge in [0.2, 0.25) is 0 Å². The van der Waals surface area contributed by atoms with Crippen LogP contribution in [0.2, 0.25) is 0 Å². The van der Waals surface area contributed by atoms with E-state index in [4.69, 9.17) is 5.73 Å². The van der Waals surface area contributed by atoms with Gasteiger partial charge in [0.1, 0.15) is 0 Å². The van der Waals surface area contributed by atoms with Crippen LogP contribution < -0.4 is 16.4 Å².